The van der Waals surface area contributed by atoms with Gasteiger partial charge in [-0.05, 0) is 0 Å². The molecule has 10 heteroatoms. The summed E-state index contributed by atoms with van der Waals surface area (Å²) in [6.45, 7) is 0.978. The second-order valence-electron chi connectivity index (χ2n) is 2.84. The number of carboxylic acids is 1. The van der Waals surface area contributed by atoms with Crippen LogP contribution >= 0.6 is 7.60 Å². The maximum absolute atomic E-state index is 10.1. The summed E-state index contributed by atoms with van der Waals surface area (Å²) in [6, 6.07) is 0. The molecule has 0 aromatic carbocycles. The van der Waals surface area contributed by atoms with Crippen molar-refractivity contribution in [3.63, 3.8) is 0 Å². The molecule has 0 saturated carbocycles. The number of hydrogen-bond acceptors (Lipinski definition) is 6. The van der Waals surface area contributed by atoms with E-state index < -0.39 is 26.4 Å². The lowest BCUT2D eigenvalue weighted by atomic mass is 10.6. The molecule has 0 radical (unpaired) electrons. The Balaban J connectivity index is 0. The minimum atomic E-state index is -4.10. The van der Waals surface area contributed by atoms with Crippen LogP contribution in [0.3, 0.4) is 0 Å². The Hall–Kier alpha value is -0.540. The van der Waals surface area contributed by atoms with Crippen molar-refractivity contribution in [2.24, 2.45) is 0 Å². The highest BCUT2D eigenvalue weighted by atomic mass is 31.2. The first kappa shape index (κ1) is 18.8. The minimum absolute atomic E-state index is 0.139. The SMILES string of the molecule is O=C(O)CNCP(=O)(O)O.OCCNCCO. The van der Waals surface area contributed by atoms with Crippen LogP contribution in [-0.4, -0.2) is 70.2 Å². The van der Waals surface area contributed by atoms with Gasteiger partial charge in [-0.1, -0.05) is 0 Å². The lowest BCUT2D eigenvalue weighted by Crippen LogP contribution is -2.23. The number of aliphatic carboxylic acids is 1. The van der Waals surface area contributed by atoms with Gasteiger partial charge in [0.25, 0.3) is 0 Å². The number of nitrogens with one attached hydrogen (secondary N) is 2. The summed E-state index contributed by atoms with van der Waals surface area (Å²) in [7, 11) is -4.10. The number of hydrogen-bond donors (Lipinski definition) is 7. The van der Waals surface area contributed by atoms with Gasteiger partial charge in [-0.2, -0.15) is 0 Å². The van der Waals surface area contributed by atoms with Crippen LogP contribution in [0.1, 0.15) is 0 Å². The topological polar surface area (TPSA) is 159 Å². The summed E-state index contributed by atoms with van der Waals surface area (Å²) in [5.74, 6) is -1.14. The Bertz CT molecular complexity index is 228. The van der Waals surface area contributed by atoms with Crippen molar-refractivity contribution in [3.8, 4) is 0 Å². The summed E-state index contributed by atoms with van der Waals surface area (Å²) in [6.07, 6.45) is -0.598. The van der Waals surface area contributed by atoms with Gasteiger partial charge in [0.05, 0.1) is 26.0 Å². The van der Waals surface area contributed by atoms with Gasteiger partial charge in [-0.3, -0.25) is 14.7 Å². The van der Waals surface area contributed by atoms with Gasteiger partial charge in [-0.15, -0.1) is 0 Å². The third-order valence-electron chi connectivity index (χ3n) is 1.17. The Kier molecular flexibility index (Phi) is 13.2. The van der Waals surface area contributed by atoms with E-state index in [1.54, 1.807) is 0 Å². The first-order valence-electron chi connectivity index (χ1n) is 4.73. The first-order chi connectivity index (χ1) is 7.83. The smallest absolute Gasteiger partial charge is 0.339 e. The van der Waals surface area contributed by atoms with Crippen LogP contribution in [0.5, 0.6) is 0 Å². The maximum Gasteiger partial charge on any atom is 0.339 e. The molecule has 0 fully saturated rings. The van der Waals surface area contributed by atoms with E-state index in [1.165, 1.54) is 0 Å². The van der Waals surface area contributed by atoms with Gasteiger partial charge in [0, 0.05) is 13.1 Å². The van der Waals surface area contributed by atoms with Crippen LogP contribution in [0.25, 0.3) is 0 Å². The standard InChI is InChI=1S/C4H11NO2.C3H8NO5P/c6-3-1-5-2-4-7;5-3(6)1-4-2-10(7,8)9/h5-7H,1-4H2;4H,1-2H2,(H,5,6)(H2,7,8,9). The fraction of sp³-hybridized carbons (Fsp3) is 0.857. The highest BCUT2D eigenvalue weighted by Crippen LogP contribution is 2.31. The molecule has 0 spiro atoms. The molecule has 0 saturated heterocycles. The van der Waals surface area contributed by atoms with Gasteiger partial charge >= 0.3 is 13.6 Å². The zero-order chi connectivity index (χ0) is 13.7. The summed E-state index contributed by atoms with van der Waals surface area (Å²) in [5.41, 5.74) is 0. The van der Waals surface area contributed by atoms with Gasteiger partial charge in [0.15, 0.2) is 0 Å². The minimum Gasteiger partial charge on any atom is -0.480 e. The van der Waals surface area contributed by atoms with Crippen LogP contribution in [0.15, 0.2) is 0 Å². The zero-order valence-corrected chi connectivity index (χ0v) is 10.1. The molecule has 9 nitrogen and oxygen atoms in total. The Labute approximate surface area is 98.6 Å². The van der Waals surface area contributed by atoms with Crippen molar-refractivity contribution in [2.45, 2.75) is 0 Å². The van der Waals surface area contributed by atoms with Crippen molar-refractivity contribution in [2.75, 3.05) is 39.1 Å². The quantitative estimate of drug-likeness (QED) is 0.185. The molecule has 104 valence electrons. The Morgan fingerprint density at radius 2 is 1.53 bits per heavy atom. The normalized spacial score (nSPS) is 10.6. The van der Waals surface area contributed by atoms with E-state index in [2.05, 4.69) is 10.6 Å². The highest BCUT2D eigenvalue weighted by Gasteiger charge is 2.11. The second-order valence-corrected chi connectivity index (χ2v) is 4.49. The molecule has 0 unspecified atom stereocenters. The van der Waals surface area contributed by atoms with Crippen molar-refractivity contribution < 1.29 is 34.5 Å². The fourth-order valence-electron chi connectivity index (χ4n) is 0.592. The predicted molar refractivity (Wildman–Crippen MR) is 59.6 cm³/mol. The summed E-state index contributed by atoms with van der Waals surface area (Å²) in [4.78, 5) is 26.1. The lowest BCUT2D eigenvalue weighted by Gasteiger charge is -2.02. The van der Waals surface area contributed by atoms with Gasteiger partial charge in [-0.25, -0.2) is 0 Å². The third-order valence-corrected chi connectivity index (χ3v) is 1.81. The molecule has 0 aliphatic rings. The molecule has 0 atom stereocenters. The van der Waals surface area contributed by atoms with E-state index in [4.69, 9.17) is 25.1 Å². The van der Waals surface area contributed by atoms with E-state index in [0.717, 1.165) is 0 Å². The molecule has 17 heavy (non-hydrogen) atoms. The average molecular weight is 274 g/mol. The van der Waals surface area contributed by atoms with Crippen LogP contribution in [-0.2, 0) is 9.36 Å². The number of aliphatic hydroxyl groups is 2. The Morgan fingerprint density at radius 1 is 1.06 bits per heavy atom. The van der Waals surface area contributed by atoms with Crippen molar-refractivity contribution in [1.29, 1.82) is 0 Å². The van der Waals surface area contributed by atoms with Crippen molar-refractivity contribution in [1.82, 2.24) is 10.6 Å². The molecule has 0 bridgehead atoms. The molecule has 0 rings (SSSR count). The van der Waals surface area contributed by atoms with Gasteiger partial charge < -0.3 is 30.4 Å². The maximum atomic E-state index is 10.1. The molecule has 0 aliphatic heterocycles. The van der Waals surface area contributed by atoms with Crippen LogP contribution < -0.4 is 10.6 Å². The molecule has 0 aliphatic carbocycles. The largest absolute Gasteiger partial charge is 0.480 e. The van der Waals surface area contributed by atoms with E-state index in [-0.39, 0.29) is 13.2 Å². The molecule has 0 aromatic heterocycles. The number of rotatable bonds is 8. The van der Waals surface area contributed by atoms with Gasteiger partial charge in [0.1, 0.15) is 0 Å². The number of aliphatic hydroxyl groups excluding tert-OH is 2. The number of carbonyl (C=O) groups is 1. The molecular weight excluding hydrogens is 255 g/mol. The van der Waals surface area contributed by atoms with Crippen LogP contribution in [0, 0.1) is 0 Å². The lowest BCUT2D eigenvalue weighted by molar-refractivity contribution is -0.135. The highest BCUT2D eigenvalue weighted by molar-refractivity contribution is 7.51. The van der Waals surface area contributed by atoms with E-state index in [1.807, 2.05) is 0 Å². The summed E-state index contributed by atoms with van der Waals surface area (Å²) < 4.78 is 10.1. The summed E-state index contributed by atoms with van der Waals surface area (Å²) >= 11 is 0. The Morgan fingerprint density at radius 3 is 1.82 bits per heavy atom. The number of carboxylic acid groups (broad SMARTS) is 1. The molecule has 7 N–H and O–H groups in total. The molecule has 0 amide bonds. The van der Waals surface area contributed by atoms with E-state index in [0.29, 0.717) is 13.1 Å². The first-order valence-corrected chi connectivity index (χ1v) is 6.52. The monoisotopic (exact) mass is 274 g/mol. The van der Waals surface area contributed by atoms with Crippen molar-refractivity contribution in [3.05, 3.63) is 0 Å². The fourth-order valence-corrected chi connectivity index (χ4v) is 0.995. The third kappa shape index (κ3) is 25.6. The van der Waals surface area contributed by atoms with Crippen LogP contribution in [0.2, 0.25) is 0 Å². The van der Waals surface area contributed by atoms with Gasteiger partial charge in [0.2, 0.25) is 0 Å². The van der Waals surface area contributed by atoms with Crippen molar-refractivity contribution >= 4 is 13.6 Å². The van der Waals surface area contributed by atoms with Crippen LogP contribution in [0.4, 0.5) is 0 Å². The summed E-state index contributed by atoms with van der Waals surface area (Å²) in [5, 5.41) is 29.1. The molecule has 0 aromatic rings. The van der Waals surface area contributed by atoms with E-state index in [9.17, 15) is 9.36 Å². The predicted octanol–water partition coefficient (Wildman–Crippen LogP) is -2.64. The zero-order valence-electron chi connectivity index (χ0n) is 9.24. The average Bonchev–Trinajstić information content (AvgIpc) is 2.17. The molecule has 0 heterocycles. The second kappa shape index (κ2) is 11.9. The van der Waals surface area contributed by atoms with E-state index >= 15 is 0 Å². The molecular formula is C7H19N2O7P.